The molecule has 1 rings (SSSR count). The summed E-state index contributed by atoms with van der Waals surface area (Å²) in [5.41, 5.74) is 6.36. The summed E-state index contributed by atoms with van der Waals surface area (Å²) in [6.45, 7) is 0.586. The average Bonchev–Trinajstić information content (AvgIpc) is 2.17. The van der Waals surface area contributed by atoms with Gasteiger partial charge in [0.05, 0.1) is 0 Å². The van der Waals surface area contributed by atoms with E-state index in [0.29, 0.717) is 18.8 Å². The Morgan fingerprint density at radius 3 is 3.07 bits per heavy atom. The number of nitrogens with zero attached hydrogens (tertiary/aromatic N) is 1. The summed E-state index contributed by atoms with van der Waals surface area (Å²) >= 11 is 0. The number of nitrogens with one attached hydrogen (secondary N) is 2. The minimum absolute atomic E-state index is 0.0135. The van der Waals surface area contributed by atoms with E-state index in [1.165, 1.54) is 0 Å². The second-order valence-corrected chi connectivity index (χ2v) is 2.82. The number of aromatic nitrogens is 1. The monoisotopic (exact) mass is 194 g/mol. The van der Waals surface area contributed by atoms with Crippen molar-refractivity contribution in [3.05, 3.63) is 18.3 Å². The predicted octanol–water partition coefficient (Wildman–Crippen LogP) is 0.212. The van der Waals surface area contributed by atoms with Crippen molar-refractivity contribution < 1.29 is 4.79 Å². The first-order valence-electron chi connectivity index (χ1n) is 4.38. The van der Waals surface area contributed by atoms with Crippen LogP contribution in [0.2, 0.25) is 0 Å². The molecule has 1 aromatic rings. The van der Waals surface area contributed by atoms with Crippen LogP contribution in [0, 0.1) is 0 Å². The van der Waals surface area contributed by atoms with Gasteiger partial charge >= 0.3 is 0 Å². The van der Waals surface area contributed by atoms with Crippen LogP contribution >= 0.6 is 0 Å². The number of hydrogen-bond acceptors (Lipinski definition) is 4. The molecule has 76 valence electrons. The number of rotatable bonds is 4. The molecule has 0 atom stereocenters. The van der Waals surface area contributed by atoms with Crippen molar-refractivity contribution in [1.29, 1.82) is 0 Å². The van der Waals surface area contributed by atoms with Crippen molar-refractivity contribution in [3.8, 4) is 0 Å². The van der Waals surface area contributed by atoms with Gasteiger partial charge in [-0.15, -0.1) is 0 Å². The lowest BCUT2D eigenvalue weighted by atomic mass is 10.3. The van der Waals surface area contributed by atoms with E-state index in [2.05, 4.69) is 15.6 Å². The summed E-state index contributed by atoms with van der Waals surface area (Å²) in [5, 5.41) is 5.62. The van der Waals surface area contributed by atoms with Gasteiger partial charge in [-0.25, -0.2) is 4.98 Å². The molecule has 14 heavy (non-hydrogen) atoms. The van der Waals surface area contributed by atoms with E-state index in [4.69, 9.17) is 5.73 Å². The smallest absolute Gasteiger partial charge is 0.221 e. The third kappa shape index (κ3) is 3.30. The molecule has 0 aliphatic rings. The Hall–Kier alpha value is -1.78. The average molecular weight is 194 g/mol. The Balaban J connectivity index is 2.35. The molecule has 0 radical (unpaired) electrons. The quantitative estimate of drug-likeness (QED) is 0.640. The summed E-state index contributed by atoms with van der Waals surface area (Å²) in [6.07, 6.45) is 2.07. The van der Waals surface area contributed by atoms with Gasteiger partial charge in [0.25, 0.3) is 0 Å². The van der Waals surface area contributed by atoms with E-state index < -0.39 is 0 Å². The van der Waals surface area contributed by atoms with Gasteiger partial charge in [0, 0.05) is 38.0 Å². The van der Waals surface area contributed by atoms with Gasteiger partial charge in [0.2, 0.25) is 5.91 Å². The van der Waals surface area contributed by atoms with E-state index in [-0.39, 0.29) is 5.91 Å². The first-order valence-corrected chi connectivity index (χ1v) is 4.38. The maximum absolute atomic E-state index is 10.9. The molecule has 0 aliphatic heterocycles. The van der Waals surface area contributed by atoms with Crippen LogP contribution in [-0.2, 0) is 4.79 Å². The molecule has 0 bridgehead atoms. The lowest BCUT2D eigenvalue weighted by molar-refractivity contribution is -0.120. The topological polar surface area (TPSA) is 80.0 Å². The number of carbonyl (C=O) groups excluding carboxylic acids is 1. The zero-order valence-electron chi connectivity index (χ0n) is 8.08. The number of carbonyl (C=O) groups is 1. The van der Waals surface area contributed by atoms with E-state index in [1.807, 2.05) is 0 Å². The molecular formula is C9H14N4O. The molecule has 5 nitrogen and oxygen atoms in total. The fraction of sp³-hybridized carbons (Fsp3) is 0.333. The number of pyridine rings is 1. The van der Waals surface area contributed by atoms with Crippen LogP contribution in [0.4, 0.5) is 11.5 Å². The van der Waals surface area contributed by atoms with Crippen LogP contribution in [0.3, 0.4) is 0 Å². The van der Waals surface area contributed by atoms with Crippen molar-refractivity contribution in [2.75, 3.05) is 24.6 Å². The van der Waals surface area contributed by atoms with Crippen molar-refractivity contribution >= 4 is 17.4 Å². The summed E-state index contributed by atoms with van der Waals surface area (Å²) in [6, 6.07) is 3.53. The third-order valence-corrected chi connectivity index (χ3v) is 1.74. The Morgan fingerprint density at radius 2 is 2.43 bits per heavy atom. The first kappa shape index (κ1) is 10.3. The highest BCUT2D eigenvalue weighted by molar-refractivity contribution is 5.76. The Morgan fingerprint density at radius 1 is 1.64 bits per heavy atom. The predicted molar refractivity (Wildman–Crippen MR) is 55.8 cm³/mol. The molecule has 0 saturated carbocycles. The number of nitrogen functional groups attached to an aromatic ring is 1. The summed E-state index contributed by atoms with van der Waals surface area (Å²) in [4.78, 5) is 14.7. The molecule has 1 aromatic heterocycles. The molecule has 0 aliphatic carbocycles. The molecule has 0 fully saturated rings. The minimum atomic E-state index is 0.0135. The van der Waals surface area contributed by atoms with E-state index in [9.17, 15) is 4.79 Å². The maximum Gasteiger partial charge on any atom is 0.221 e. The molecule has 0 spiro atoms. The lowest BCUT2D eigenvalue weighted by Gasteiger charge is -2.05. The number of amides is 1. The van der Waals surface area contributed by atoms with Gasteiger partial charge < -0.3 is 16.4 Å². The highest BCUT2D eigenvalue weighted by atomic mass is 16.1. The van der Waals surface area contributed by atoms with Crippen molar-refractivity contribution in [1.82, 2.24) is 10.3 Å². The highest BCUT2D eigenvalue weighted by Gasteiger charge is 1.97. The second-order valence-electron chi connectivity index (χ2n) is 2.82. The number of hydrogen-bond donors (Lipinski definition) is 3. The summed E-state index contributed by atoms with van der Waals surface area (Å²) in [7, 11) is 1.62. The molecule has 5 heteroatoms. The van der Waals surface area contributed by atoms with Crippen LogP contribution in [0.15, 0.2) is 18.3 Å². The zero-order valence-corrected chi connectivity index (χ0v) is 8.08. The van der Waals surface area contributed by atoms with Crippen LogP contribution in [0.5, 0.6) is 0 Å². The number of nitrogens with two attached hydrogens (primary N) is 1. The Labute approximate surface area is 82.7 Å². The van der Waals surface area contributed by atoms with Crippen LogP contribution < -0.4 is 16.4 Å². The van der Waals surface area contributed by atoms with Crippen LogP contribution in [0.1, 0.15) is 6.42 Å². The van der Waals surface area contributed by atoms with Crippen LogP contribution in [-0.4, -0.2) is 24.5 Å². The Kier molecular flexibility index (Phi) is 3.72. The van der Waals surface area contributed by atoms with Crippen molar-refractivity contribution in [2.45, 2.75) is 6.42 Å². The fourth-order valence-corrected chi connectivity index (χ4v) is 1.00. The summed E-state index contributed by atoms with van der Waals surface area (Å²) < 4.78 is 0. The molecule has 0 unspecified atom stereocenters. The van der Waals surface area contributed by atoms with Gasteiger partial charge in [0.1, 0.15) is 5.82 Å². The van der Waals surface area contributed by atoms with Crippen molar-refractivity contribution in [2.24, 2.45) is 0 Å². The largest absolute Gasteiger partial charge is 0.384 e. The normalized spacial score (nSPS) is 9.50. The summed E-state index contributed by atoms with van der Waals surface area (Å²) in [5.74, 6) is 0.481. The SMILES string of the molecule is CNC(=O)CCNc1ccnc(N)c1. The number of anilines is 2. The second kappa shape index (κ2) is 5.06. The Bertz CT molecular complexity index is 313. The van der Waals surface area contributed by atoms with E-state index in [1.54, 1.807) is 25.4 Å². The van der Waals surface area contributed by atoms with Gasteiger partial charge in [-0.05, 0) is 6.07 Å². The molecule has 4 N–H and O–H groups in total. The molecule has 1 heterocycles. The molecule has 0 aromatic carbocycles. The lowest BCUT2D eigenvalue weighted by Crippen LogP contribution is -2.20. The minimum Gasteiger partial charge on any atom is -0.384 e. The third-order valence-electron chi connectivity index (χ3n) is 1.74. The van der Waals surface area contributed by atoms with Gasteiger partial charge in [-0.2, -0.15) is 0 Å². The molecule has 0 saturated heterocycles. The standard InChI is InChI=1S/C9H14N4O/c1-11-9(14)3-5-12-7-2-4-13-8(10)6-7/h2,4,6H,3,5H2,1H3,(H,11,14)(H3,10,12,13). The molecule has 1 amide bonds. The maximum atomic E-state index is 10.9. The van der Waals surface area contributed by atoms with E-state index >= 15 is 0 Å². The van der Waals surface area contributed by atoms with Gasteiger partial charge in [-0.1, -0.05) is 0 Å². The first-order chi connectivity index (χ1) is 6.72. The van der Waals surface area contributed by atoms with E-state index in [0.717, 1.165) is 5.69 Å². The fourth-order valence-electron chi connectivity index (χ4n) is 1.00. The van der Waals surface area contributed by atoms with Crippen molar-refractivity contribution in [3.63, 3.8) is 0 Å². The highest BCUT2D eigenvalue weighted by Crippen LogP contribution is 2.08. The van der Waals surface area contributed by atoms with Gasteiger partial charge in [-0.3, -0.25) is 4.79 Å². The zero-order chi connectivity index (χ0) is 10.4. The van der Waals surface area contributed by atoms with Gasteiger partial charge in [0.15, 0.2) is 0 Å². The molecular weight excluding hydrogens is 180 g/mol. The van der Waals surface area contributed by atoms with Crippen LogP contribution in [0.25, 0.3) is 0 Å².